The number of ether oxygens (including phenoxy) is 1. The lowest BCUT2D eigenvalue weighted by Gasteiger charge is -2.16. The number of rotatable bonds is 12. The second-order valence-corrected chi connectivity index (χ2v) is 5.82. The highest BCUT2D eigenvalue weighted by Crippen LogP contribution is 2.26. The van der Waals surface area contributed by atoms with Gasteiger partial charge in [-0.15, -0.1) is 0 Å². The van der Waals surface area contributed by atoms with Crippen LogP contribution in [0.2, 0.25) is 0 Å². The molecule has 2 N–H and O–H groups in total. The SMILES string of the molecule is CCCCC(CCC)c1ccc(NC(=O)CNCCOC)nc1. The predicted molar refractivity (Wildman–Crippen MR) is 94.8 cm³/mol. The number of hydrogen-bond acceptors (Lipinski definition) is 4. The molecule has 0 radical (unpaired) electrons. The molecule has 0 aliphatic rings. The highest BCUT2D eigenvalue weighted by Gasteiger charge is 2.11. The number of hydrogen-bond donors (Lipinski definition) is 2. The summed E-state index contributed by atoms with van der Waals surface area (Å²) in [5.41, 5.74) is 1.27. The molecule has 0 fully saturated rings. The van der Waals surface area contributed by atoms with E-state index in [1.54, 1.807) is 7.11 Å². The Kier molecular flexibility index (Phi) is 10.2. The zero-order valence-electron chi connectivity index (χ0n) is 14.7. The lowest BCUT2D eigenvalue weighted by molar-refractivity contribution is -0.115. The lowest BCUT2D eigenvalue weighted by atomic mass is 9.91. The molecule has 1 aromatic heterocycles. The van der Waals surface area contributed by atoms with Gasteiger partial charge in [-0.3, -0.25) is 4.79 Å². The molecule has 0 spiro atoms. The summed E-state index contributed by atoms with van der Waals surface area (Å²) < 4.78 is 4.92. The summed E-state index contributed by atoms with van der Waals surface area (Å²) in [4.78, 5) is 16.2. The second-order valence-electron chi connectivity index (χ2n) is 5.82. The Hall–Kier alpha value is -1.46. The van der Waals surface area contributed by atoms with E-state index in [0.717, 1.165) is 0 Å². The average molecular weight is 321 g/mol. The van der Waals surface area contributed by atoms with E-state index in [1.165, 1.54) is 37.7 Å². The maximum Gasteiger partial charge on any atom is 0.239 e. The van der Waals surface area contributed by atoms with Crippen LogP contribution in [0.3, 0.4) is 0 Å². The fourth-order valence-corrected chi connectivity index (χ4v) is 2.56. The summed E-state index contributed by atoms with van der Waals surface area (Å²) in [6.45, 7) is 5.96. The normalized spacial score (nSPS) is 12.1. The lowest BCUT2D eigenvalue weighted by Crippen LogP contribution is -2.30. The minimum atomic E-state index is -0.0857. The van der Waals surface area contributed by atoms with Gasteiger partial charge in [0.2, 0.25) is 5.91 Å². The summed E-state index contributed by atoms with van der Waals surface area (Å²) in [5, 5.41) is 5.82. The van der Waals surface area contributed by atoms with Gasteiger partial charge in [0.15, 0.2) is 0 Å². The van der Waals surface area contributed by atoms with Gasteiger partial charge in [0.25, 0.3) is 0 Å². The molecule has 0 saturated heterocycles. The Bertz CT molecular complexity index is 434. The Labute approximate surface area is 140 Å². The first-order valence-electron chi connectivity index (χ1n) is 8.66. The van der Waals surface area contributed by atoms with Crippen LogP contribution in [-0.2, 0) is 9.53 Å². The summed E-state index contributed by atoms with van der Waals surface area (Å²) >= 11 is 0. The minimum absolute atomic E-state index is 0.0857. The van der Waals surface area contributed by atoms with E-state index in [9.17, 15) is 4.79 Å². The van der Waals surface area contributed by atoms with Crippen molar-refractivity contribution in [3.8, 4) is 0 Å². The van der Waals surface area contributed by atoms with E-state index in [1.807, 2.05) is 12.3 Å². The third-order valence-corrected chi connectivity index (χ3v) is 3.84. The van der Waals surface area contributed by atoms with Crippen LogP contribution in [0.5, 0.6) is 0 Å². The van der Waals surface area contributed by atoms with E-state index < -0.39 is 0 Å². The Morgan fingerprint density at radius 2 is 2.09 bits per heavy atom. The van der Waals surface area contributed by atoms with E-state index in [4.69, 9.17) is 4.74 Å². The summed E-state index contributed by atoms with van der Waals surface area (Å²) in [5.74, 6) is 1.10. The van der Waals surface area contributed by atoms with Crippen molar-refractivity contribution in [2.24, 2.45) is 0 Å². The van der Waals surface area contributed by atoms with Crippen molar-refractivity contribution >= 4 is 11.7 Å². The van der Waals surface area contributed by atoms with Crippen LogP contribution in [0, 0.1) is 0 Å². The minimum Gasteiger partial charge on any atom is -0.383 e. The van der Waals surface area contributed by atoms with Crippen LogP contribution in [0.4, 0.5) is 5.82 Å². The van der Waals surface area contributed by atoms with Gasteiger partial charge >= 0.3 is 0 Å². The molecule has 1 atom stereocenters. The smallest absolute Gasteiger partial charge is 0.239 e. The monoisotopic (exact) mass is 321 g/mol. The first-order chi connectivity index (χ1) is 11.2. The van der Waals surface area contributed by atoms with Gasteiger partial charge in [0.1, 0.15) is 5.82 Å². The summed E-state index contributed by atoms with van der Waals surface area (Å²) in [7, 11) is 1.64. The van der Waals surface area contributed by atoms with Gasteiger partial charge in [0.05, 0.1) is 13.2 Å². The number of amides is 1. The van der Waals surface area contributed by atoms with Crippen LogP contribution >= 0.6 is 0 Å². The summed E-state index contributed by atoms with van der Waals surface area (Å²) in [6.07, 6.45) is 7.95. The van der Waals surface area contributed by atoms with Crippen molar-refractivity contribution < 1.29 is 9.53 Å². The summed E-state index contributed by atoms with van der Waals surface area (Å²) in [6, 6.07) is 3.99. The van der Waals surface area contributed by atoms with Crippen molar-refractivity contribution in [3.63, 3.8) is 0 Å². The van der Waals surface area contributed by atoms with Crippen molar-refractivity contribution in [3.05, 3.63) is 23.9 Å². The maximum atomic E-state index is 11.8. The maximum absolute atomic E-state index is 11.8. The Balaban J connectivity index is 2.49. The fraction of sp³-hybridized carbons (Fsp3) is 0.667. The molecule has 1 aromatic rings. The molecule has 5 heteroatoms. The average Bonchev–Trinajstić information content (AvgIpc) is 2.56. The van der Waals surface area contributed by atoms with E-state index in [0.29, 0.717) is 24.9 Å². The van der Waals surface area contributed by atoms with Crippen molar-refractivity contribution in [1.82, 2.24) is 10.3 Å². The third kappa shape index (κ3) is 8.09. The molecule has 0 aromatic carbocycles. The first-order valence-corrected chi connectivity index (χ1v) is 8.66. The fourth-order valence-electron chi connectivity index (χ4n) is 2.56. The molecule has 0 bridgehead atoms. The standard InChI is InChI=1S/C18H31N3O2/c1-4-6-8-15(7-5-2)16-9-10-17(20-13-16)21-18(22)14-19-11-12-23-3/h9-10,13,15,19H,4-8,11-12,14H2,1-3H3,(H,20,21,22). The van der Waals surface area contributed by atoms with E-state index in [-0.39, 0.29) is 12.5 Å². The van der Waals surface area contributed by atoms with Crippen molar-refractivity contribution in [2.75, 3.05) is 32.1 Å². The largest absolute Gasteiger partial charge is 0.383 e. The predicted octanol–water partition coefficient (Wildman–Crippen LogP) is 3.33. The molecular weight excluding hydrogens is 290 g/mol. The van der Waals surface area contributed by atoms with Gasteiger partial charge in [0, 0.05) is 19.9 Å². The first kappa shape index (κ1) is 19.6. The molecule has 1 amide bonds. The molecule has 1 unspecified atom stereocenters. The number of methoxy groups -OCH3 is 1. The second kappa shape index (κ2) is 12.0. The number of pyridine rings is 1. The molecule has 130 valence electrons. The van der Waals surface area contributed by atoms with Crippen LogP contribution in [0.1, 0.15) is 57.4 Å². The number of nitrogens with one attached hydrogen (secondary N) is 2. The van der Waals surface area contributed by atoms with Crippen molar-refractivity contribution in [2.45, 2.75) is 51.9 Å². The zero-order chi connectivity index (χ0) is 16.9. The molecule has 1 heterocycles. The van der Waals surface area contributed by atoms with Gasteiger partial charge < -0.3 is 15.4 Å². The van der Waals surface area contributed by atoms with Gasteiger partial charge in [-0.25, -0.2) is 4.98 Å². The number of carbonyl (C=O) groups is 1. The Morgan fingerprint density at radius 3 is 2.70 bits per heavy atom. The molecule has 1 rings (SSSR count). The zero-order valence-corrected chi connectivity index (χ0v) is 14.7. The van der Waals surface area contributed by atoms with Crippen LogP contribution in [0.25, 0.3) is 0 Å². The molecule has 5 nitrogen and oxygen atoms in total. The Morgan fingerprint density at radius 1 is 1.26 bits per heavy atom. The highest BCUT2D eigenvalue weighted by atomic mass is 16.5. The molecule has 23 heavy (non-hydrogen) atoms. The third-order valence-electron chi connectivity index (χ3n) is 3.84. The number of carbonyl (C=O) groups excluding carboxylic acids is 1. The van der Waals surface area contributed by atoms with Gasteiger partial charge in [-0.2, -0.15) is 0 Å². The van der Waals surface area contributed by atoms with Gasteiger partial charge in [-0.05, 0) is 30.4 Å². The van der Waals surface area contributed by atoms with Crippen molar-refractivity contribution in [1.29, 1.82) is 0 Å². The molecule has 0 aliphatic heterocycles. The van der Waals surface area contributed by atoms with Crippen LogP contribution in [0.15, 0.2) is 18.3 Å². The van der Waals surface area contributed by atoms with Crippen LogP contribution in [-0.4, -0.2) is 37.7 Å². The quantitative estimate of drug-likeness (QED) is 0.580. The highest BCUT2D eigenvalue weighted by molar-refractivity contribution is 5.91. The van der Waals surface area contributed by atoms with Crippen LogP contribution < -0.4 is 10.6 Å². The van der Waals surface area contributed by atoms with E-state index >= 15 is 0 Å². The number of anilines is 1. The number of nitrogens with zero attached hydrogens (tertiary/aromatic N) is 1. The topological polar surface area (TPSA) is 63.2 Å². The molecular formula is C18H31N3O2. The number of aromatic nitrogens is 1. The molecule has 0 saturated carbocycles. The van der Waals surface area contributed by atoms with E-state index in [2.05, 4.69) is 35.5 Å². The van der Waals surface area contributed by atoms with Gasteiger partial charge in [-0.1, -0.05) is 39.2 Å². The molecule has 0 aliphatic carbocycles. The number of unbranched alkanes of at least 4 members (excludes halogenated alkanes) is 1.